The summed E-state index contributed by atoms with van der Waals surface area (Å²) in [5, 5.41) is 2.66. The summed E-state index contributed by atoms with van der Waals surface area (Å²) in [6.07, 6.45) is 1.32. The van der Waals surface area contributed by atoms with Crippen LogP contribution in [-0.2, 0) is 6.54 Å². The van der Waals surface area contributed by atoms with Crippen molar-refractivity contribution < 1.29 is 9.18 Å². The number of aromatic nitrogens is 1. The minimum absolute atomic E-state index is 0.0967. The van der Waals surface area contributed by atoms with Gasteiger partial charge in [0, 0.05) is 12.7 Å². The fourth-order valence-electron chi connectivity index (χ4n) is 1.82. The first-order valence-electron chi connectivity index (χ1n) is 6.06. The molecule has 2 aromatic rings. The number of nitrogens with one attached hydrogen (secondary N) is 2. The molecule has 1 amide bonds. The van der Waals surface area contributed by atoms with Gasteiger partial charge >= 0.3 is 0 Å². The van der Waals surface area contributed by atoms with Crippen molar-refractivity contribution in [3.63, 3.8) is 0 Å². The normalized spacial score (nSPS) is 10.2. The zero-order valence-corrected chi connectivity index (χ0v) is 11.0. The second-order valence-electron chi connectivity index (χ2n) is 4.34. The average molecular weight is 274 g/mol. The Morgan fingerprint density at radius 3 is 2.90 bits per heavy atom. The fraction of sp³-hybridized carbons (Fsp3) is 0.143. The molecule has 0 saturated heterocycles. The molecule has 0 atom stereocenters. The lowest BCUT2D eigenvalue weighted by Crippen LogP contribution is -2.25. The zero-order valence-electron chi connectivity index (χ0n) is 11.0. The van der Waals surface area contributed by atoms with Crippen molar-refractivity contribution in [1.29, 1.82) is 0 Å². The summed E-state index contributed by atoms with van der Waals surface area (Å²) in [5.74, 6) is 3.68. The standard InChI is InChI=1S/C14H15FN4O/c1-9-3-2-4-10(7-9)8-18-14(20)11-5-6-17-13(19-16)12(11)15/h2-7H,8,16H2,1H3,(H,17,19)(H,18,20). The second kappa shape index (κ2) is 6.12. The number of anilines is 1. The number of nitrogens with zero attached hydrogens (tertiary/aromatic N) is 1. The van der Waals surface area contributed by atoms with Crippen molar-refractivity contribution in [1.82, 2.24) is 10.3 Å². The van der Waals surface area contributed by atoms with Crippen LogP contribution in [-0.4, -0.2) is 10.9 Å². The predicted octanol–water partition coefficient (Wildman–Crippen LogP) is 1.74. The van der Waals surface area contributed by atoms with Crippen LogP contribution in [0.25, 0.3) is 0 Å². The molecule has 0 aliphatic heterocycles. The highest BCUT2D eigenvalue weighted by Gasteiger charge is 2.15. The Hall–Kier alpha value is -2.47. The number of pyridine rings is 1. The minimum atomic E-state index is -0.767. The van der Waals surface area contributed by atoms with Crippen LogP contribution in [0.15, 0.2) is 36.5 Å². The topological polar surface area (TPSA) is 80.0 Å². The third-order valence-corrected chi connectivity index (χ3v) is 2.81. The van der Waals surface area contributed by atoms with Gasteiger partial charge in [-0.15, -0.1) is 0 Å². The van der Waals surface area contributed by atoms with E-state index in [-0.39, 0.29) is 11.4 Å². The molecule has 0 aliphatic rings. The number of hydrogen-bond donors (Lipinski definition) is 3. The van der Waals surface area contributed by atoms with Gasteiger partial charge in [-0.1, -0.05) is 29.8 Å². The van der Waals surface area contributed by atoms with Crippen LogP contribution in [0.2, 0.25) is 0 Å². The number of carbonyl (C=O) groups is 1. The molecule has 0 fully saturated rings. The largest absolute Gasteiger partial charge is 0.348 e. The van der Waals surface area contributed by atoms with Crippen LogP contribution in [0.3, 0.4) is 0 Å². The van der Waals surface area contributed by atoms with Crippen LogP contribution in [0.1, 0.15) is 21.5 Å². The van der Waals surface area contributed by atoms with E-state index in [4.69, 9.17) is 5.84 Å². The number of nitrogen functional groups attached to an aromatic ring is 1. The second-order valence-corrected chi connectivity index (χ2v) is 4.34. The number of halogens is 1. The maximum Gasteiger partial charge on any atom is 0.254 e. The number of hydrogen-bond acceptors (Lipinski definition) is 4. The van der Waals surface area contributed by atoms with Gasteiger partial charge in [0.15, 0.2) is 11.6 Å². The zero-order chi connectivity index (χ0) is 14.5. The Labute approximate surface area is 116 Å². The number of carbonyl (C=O) groups excluding carboxylic acids is 1. The smallest absolute Gasteiger partial charge is 0.254 e. The summed E-state index contributed by atoms with van der Waals surface area (Å²) in [6.45, 7) is 2.29. The minimum Gasteiger partial charge on any atom is -0.348 e. The highest BCUT2D eigenvalue weighted by molar-refractivity contribution is 5.95. The quantitative estimate of drug-likeness (QED) is 0.586. The van der Waals surface area contributed by atoms with Crippen molar-refractivity contribution in [2.75, 3.05) is 5.43 Å². The third-order valence-electron chi connectivity index (χ3n) is 2.81. The Morgan fingerprint density at radius 2 is 2.20 bits per heavy atom. The molecular weight excluding hydrogens is 259 g/mol. The molecule has 0 spiro atoms. The fourth-order valence-corrected chi connectivity index (χ4v) is 1.82. The summed E-state index contributed by atoms with van der Waals surface area (Å²) in [4.78, 5) is 15.6. The molecule has 104 valence electrons. The van der Waals surface area contributed by atoms with Crippen LogP contribution < -0.4 is 16.6 Å². The number of rotatable bonds is 4. The first-order chi connectivity index (χ1) is 9.61. The summed E-state index contributed by atoms with van der Waals surface area (Å²) in [5.41, 5.74) is 4.06. The molecule has 0 aliphatic carbocycles. The number of hydrazine groups is 1. The molecule has 0 bridgehead atoms. The molecule has 5 nitrogen and oxygen atoms in total. The highest BCUT2D eigenvalue weighted by atomic mass is 19.1. The number of amides is 1. The van der Waals surface area contributed by atoms with Gasteiger partial charge in [0.1, 0.15) is 0 Å². The van der Waals surface area contributed by atoms with Crippen molar-refractivity contribution in [2.24, 2.45) is 5.84 Å². The molecule has 0 unspecified atom stereocenters. The van der Waals surface area contributed by atoms with Crippen molar-refractivity contribution in [3.05, 3.63) is 59.0 Å². The molecule has 4 N–H and O–H groups in total. The monoisotopic (exact) mass is 274 g/mol. The van der Waals surface area contributed by atoms with Gasteiger partial charge in [0.2, 0.25) is 0 Å². The maximum atomic E-state index is 13.8. The Morgan fingerprint density at radius 1 is 1.40 bits per heavy atom. The van der Waals surface area contributed by atoms with Crippen LogP contribution in [0, 0.1) is 12.7 Å². The summed E-state index contributed by atoms with van der Waals surface area (Å²) in [6, 6.07) is 9.02. The number of benzene rings is 1. The van der Waals surface area contributed by atoms with Gasteiger partial charge in [-0.3, -0.25) is 4.79 Å². The lowest BCUT2D eigenvalue weighted by molar-refractivity contribution is 0.0947. The summed E-state index contributed by atoms with van der Waals surface area (Å²) < 4.78 is 13.8. The molecule has 6 heteroatoms. The maximum absolute atomic E-state index is 13.8. The van der Waals surface area contributed by atoms with E-state index in [1.54, 1.807) is 0 Å². The van der Waals surface area contributed by atoms with E-state index in [2.05, 4.69) is 15.7 Å². The molecule has 0 radical (unpaired) electrons. The lowest BCUT2D eigenvalue weighted by Gasteiger charge is -2.08. The first kappa shape index (κ1) is 14.0. The molecule has 1 heterocycles. The van der Waals surface area contributed by atoms with Gasteiger partial charge in [-0.2, -0.15) is 0 Å². The number of nitrogens with two attached hydrogens (primary N) is 1. The van der Waals surface area contributed by atoms with Gasteiger partial charge in [0.25, 0.3) is 5.91 Å². The van der Waals surface area contributed by atoms with Gasteiger partial charge in [-0.05, 0) is 18.6 Å². The van der Waals surface area contributed by atoms with Gasteiger partial charge in [-0.25, -0.2) is 15.2 Å². The Balaban J connectivity index is 2.09. The average Bonchev–Trinajstić information content (AvgIpc) is 2.45. The molecule has 2 rings (SSSR count). The van der Waals surface area contributed by atoms with Crippen molar-refractivity contribution >= 4 is 11.7 Å². The van der Waals surface area contributed by atoms with Gasteiger partial charge < -0.3 is 10.7 Å². The van der Waals surface area contributed by atoms with E-state index in [0.29, 0.717) is 6.54 Å². The Bertz CT molecular complexity index is 630. The van der Waals surface area contributed by atoms with E-state index in [1.807, 2.05) is 31.2 Å². The van der Waals surface area contributed by atoms with E-state index in [0.717, 1.165) is 11.1 Å². The number of aryl methyl sites for hydroxylation is 1. The summed E-state index contributed by atoms with van der Waals surface area (Å²) >= 11 is 0. The SMILES string of the molecule is Cc1cccc(CNC(=O)c2ccnc(NN)c2F)c1. The lowest BCUT2D eigenvalue weighted by atomic mass is 10.1. The van der Waals surface area contributed by atoms with Crippen molar-refractivity contribution in [2.45, 2.75) is 13.5 Å². The highest BCUT2D eigenvalue weighted by Crippen LogP contribution is 2.14. The van der Waals surface area contributed by atoms with Crippen LogP contribution in [0.4, 0.5) is 10.2 Å². The van der Waals surface area contributed by atoms with E-state index >= 15 is 0 Å². The molecule has 0 saturated carbocycles. The van der Waals surface area contributed by atoms with Crippen molar-refractivity contribution in [3.8, 4) is 0 Å². The predicted molar refractivity (Wildman–Crippen MR) is 74.4 cm³/mol. The molecule has 1 aromatic heterocycles. The summed E-state index contributed by atoms with van der Waals surface area (Å²) in [7, 11) is 0. The molecule has 1 aromatic carbocycles. The van der Waals surface area contributed by atoms with Crippen LogP contribution >= 0.6 is 0 Å². The molecule has 20 heavy (non-hydrogen) atoms. The van der Waals surface area contributed by atoms with E-state index < -0.39 is 11.7 Å². The van der Waals surface area contributed by atoms with E-state index in [9.17, 15) is 9.18 Å². The van der Waals surface area contributed by atoms with Crippen LogP contribution in [0.5, 0.6) is 0 Å². The third kappa shape index (κ3) is 3.10. The van der Waals surface area contributed by atoms with E-state index in [1.165, 1.54) is 12.3 Å². The Kier molecular flexibility index (Phi) is 4.27. The van der Waals surface area contributed by atoms with Gasteiger partial charge in [0.05, 0.1) is 5.56 Å². The first-order valence-corrected chi connectivity index (χ1v) is 6.06. The molecular formula is C14H15FN4O.